The number of sulfonamides is 1. The quantitative estimate of drug-likeness (QED) is 0.758. The zero-order valence-corrected chi connectivity index (χ0v) is 13.0. The maximum Gasteiger partial charge on any atom is 0.287 e. The lowest BCUT2D eigenvalue weighted by Gasteiger charge is -2.09. The van der Waals surface area contributed by atoms with Crippen LogP contribution in [0.4, 0.5) is 0 Å². The largest absolute Gasteiger partial charge is 0.459 e. The Labute approximate surface area is 132 Å². The van der Waals surface area contributed by atoms with Gasteiger partial charge in [0.1, 0.15) is 11.3 Å². The van der Waals surface area contributed by atoms with E-state index in [-0.39, 0.29) is 5.76 Å². The molecule has 0 spiro atoms. The summed E-state index contributed by atoms with van der Waals surface area (Å²) < 4.78 is 32.9. The second-order valence-corrected chi connectivity index (χ2v) is 6.54. The second-order valence-electron chi connectivity index (χ2n) is 5.05. The molecular weight excluding hydrogens is 320 g/mol. The summed E-state index contributed by atoms with van der Waals surface area (Å²) in [4.78, 5) is 12.1. The van der Waals surface area contributed by atoms with Crippen molar-refractivity contribution in [3.8, 4) is 0 Å². The molecule has 0 aliphatic heterocycles. The average Bonchev–Trinajstić information content (AvgIpc) is 3.13. The fraction of sp³-hybridized carbons (Fsp3) is 0.133. The number of rotatable bonds is 4. The van der Waals surface area contributed by atoms with Gasteiger partial charge in [0.25, 0.3) is 15.9 Å². The summed E-state index contributed by atoms with van der Waals surface area (Å²) in [5, 5.41) is 8.08. The fourth-order valence-corrected chi connectivity index (χ4v) is 2.61. The Morgan fingerprint density at radius 3 is 2.57 bits per heavy atom. The van der Waals surface area contributed by atoms with Crippen LogP contribution >= 0.6 is 0 Å². The van der Waals surface area contributed by atoms with Gasteiger partial charge >= 0.3 is 0 Å². The van der Waals surface area contributed by atoms with Crippen molar-refractivity contribution in [3.05, 3.63) is 54.0 Å². The van der Waals surface area contributed by atoms with Crippen LogP contribution in [0.2, 0.25) is 0 Å². The van der Waals surface area contributed by atoms with Crippen molar-refractivity contribution in [2.24, 2.45) is 5.14 Å². The van der Waals surface area contributed by atoms with Gasteiger partial charge in [-0.1, -0.05) is 18.2 Å². The van der Waals surface area contributed by atoms with Crippen molar-refractivity contribution >= 4 is 26.9 Å². The van der Waals surface area contributed by atoms with Crippen LogP contribution in [-0.2, 0) is 10.0 Å². The van der Waals surface area contributed by atoms with E-state index in [1.165, 1.54) is 6.07 Å². The molecule has 0 radical (unpaired) electrons. The summed E-state index contributed by atoms with van der Waals surface area (Å²) in [7, 11) is -3.98. The Hall–Kier alpha value is -2.58. The van der Waals surface area contributed by atoms with E-state index in [1.54, 1.807) is 6.92 Å². The van der Waals surface area contributed by atoms with Crippen LogP contribution in [0.1, 0.15) is 29.3 Å². The first-order valence-corrected chi connectivity index (χ1v) is 8.31. The van der Waals surface area contributed by atoms with Crippen LogP contribution in [0.3, 0.4) is 0 Å². The van der Waals surface area contributed by atoms with Crippen LogP contribution in [0.5, 0.6) is 0 Å². The number of carbonyl (C=O) groups is 1. The molecule has 0 saturated heterocycles. The number of para-hydroxylation sites is 1. The second kappa shape index (κ2) is 5.56. The molecule has 23 heavy (non-hydrogen) atoms. The van der Waals surface area contributed by atoms with Crippen molar-refractivity contribution in [1.29, 1.82) is 0 Å². The summed E-state index contributed by atoms with van der Waals surface area (Å²) in [5.74, 6) is -0.123. The van der Waals surface area contributed by atoms with Crippen molar-refractivity contribution in [1.82, 2.24) is 5.32 Å². The molecule has 1 atom stereocenters. The molecule has 1 aromatic carbocycles. The molecule has 120 valence electrons. The number of furan rings is 2. The number of amides is 1. The van der Waals surface area contributed by atoms with E-state index >= 15 is 0 Å². The number of hydrogen-bond donors (Lipinski definition) is 2. The van der Waals surface area contributed by atoms with Crippen LogP contribution in [0.25, 0.3) is 11.0 Å². The van der Waals surface area contributed by atoms with Gasteiger partial charge in [0.15, 0.2) is 5.76 Å². The van der Waals surface area contributed by atoms with Crippen LogP contribution in [-0.4, -0.2) is 14.3 Å². The van der Waals surface area contributed by atoms with Crippen LogP contribution in [0.15, 0.2) is 56.4 Å². The molecule has 2 heterocycles. The summed E-state index contributed by atoms with van der Waals surface area (Å²) >= 11 is 0. The molecule has 2 aromatic heterocycles. The number of nitrogens with one attached hydrogen (secondary N) is 1. The highest BCUT2D eigenvalue weighted by Gasteiger charge is 2.20. The van der Waals surface area contributed by atoms with Crippen molar-refractivity contribution < 1.29 is 22.0 Å². The first-order valence-electron chi connectivity index (χ1n) is 6.76. The van der Waals surface area contributed by atoms with Crippen molar-refractivity contribution in [2.45, 2.75) is 18.1 Å². The van der Waals surface area contributed by atoms with Gasteiger partial charge in [0, 0.05) is 5.39 Å². The lowest BCUT2D eigenvalue weighted by atomic mass is 10.2. The maximum atomic E-state index is 12.1. The number of fused-ring (bicyclic) bond motifs is 1. The minimum atomic E-state index is -3.98. The van der Waals surface area contributed by atoms with Gasteiger partial charge in [-0.05, 0) is 31.2 Å². The highest BCUT2D eigenvalue weighted by Crippen LogP contribution is 2.24. The van der Waals surface area contributed by atoms with Gasteiger partial charge in [0.2, 0.25) is 5.09 Å². The summed E-state index contributed by atoms with van der Waals surface area (Å²) in [6.07, 6.45) is 0. The predicted molar refractivity (Wildman–Crippen MR) is 82.2 cm³/mol. The smallest absolute Gasteiger partial charge is 0.287 e. The van der Waals surface area contributed by atoms with Gasteiger partial charge in [0.05, 0.1) is 6.04 Å². The standard InChI is InChI=1S/C15H14N2O5S/c1-9(13-8-10-4-2-3-5-11(10)21-13)17-15(18)12-6-7-14(22-12)23(16,19)20/h2-9H,1H3,(H,17,18)(H2,16,19,20)/t9-/m1/s1. The Morgan fingerprint density at radius 1 is 1.17 bits per heavy atom. The van der Waals surface area contributed by atoms with Crippen LogP contribution in [0, 0.1) is 0 Å². The molecule has 0 fully saturated rings. The third kappa shape index (κ3) is 3.13. The molecular formula is C15H14N2O5S. The molecule has 0 bridgehead atoms. The van der Waals surface area contributed by atoms with Gasteiger partial charge in [-0.15, -0.1) is 0 Å². The van der Waals surface area contributed by atoms with E-state index in [0.717, 1.165) is 17.0 Å². The summed E-state index contributed by atoms with van der Waals surface area (Å²) in [6.45, 7) is 1.75. The van der Waals surface area contributed by atoms with E-state index in [9.17, 15) is 13.2 Å². The van der Waals surface area contributed by atoms with E-state index < -0.39 is 27.1 Å². The Morgan fingerprint density at radius 2 is 1.91 bits per heavy atom. The molecule has 0 saturated carbocycles. The monoisotopic (exact) mass is 334 g/mol. The Kier molecular flexibility index (Phi) is 3.70. The maximum absolute atomic E-state index is 12.1. The molecule has 1 amide bonds. The summed E-state index contributed by atoms with van der Waals surface area (Å²) in [6, 6.07) is 11.3. The molecule has 8 heteroatoms. The molecule has 3 N–H and O–H groups in total. The molecule has 7 nitrogen and oxygen atoms in total. The van der Waals surface area contributed by atoms with E-state index in [2.05, 4.69) is 5.32 Å². The normalized spacial score (nSPS) is 13.1. The van der Waals surface area contributed by atoms with Gasteiger partial charge in [-0.2, -0.15) is 0 Å². The molecule has 0 unspecified atom stereocenters. The molecule has 3 rings (SSSR count). The SMILES string of the molecule is C[C@@H](NC(=O)c1ccc(S(N)(=O)=O)o1)c1cc2ccccc2o1. The molecule has 0 aliphatic carbocycles. The minimum absolute atomic E-state index is 0.142. The van der Waals surface area contributed by atoms with Crippen molar-refractivity contribution in [3.63, 3.8) is 0 Å². The highest BCUT2D eigenvalue weighted by molar-refractivity contribution is 7.89. The first-order chi connectivity index (χ1) is 10.8. The van der Waals surface area contributed by atoms with Crippen molar-refractivity contribution in [2.75, 3.05) is 0 Å². The Bertz CT molecular complexity index is 938. The van der Waals surface area contributed by atoms with Gasteiger partial charge in [-0.3, -0.25) is 4.79 Å². The summed E-state index contributed by atoms with van der Waals surface area (Å²) in [5.41, 5.74) is 0.720. The topological polar surface area (TPSA) is 116 Å². The first kappa shape index (κ1) is 15.3. The predicted octanol–water partition coefficient (Wildman–Crippen LogP) is 2.16. The highest BCUT2D eigenvalue weighted by atomic mass is 32.2. The lowest BCUT2D eigenvalue weighted by molar-refractivity contribution is 0.0902. The average molecular weight is 334 g/mol. The molecule has 3 aromatic rings. The number of hydrogen-bond acceptors (Lipinski definition) is 5. The number of primary sulfonamides is 1. The third-order valence-electron chi connectivity index (χ3n) is 3.30. The lowest BCUT2D eigenvalue weighted by Crippen LogP contribution is -2.26. The third-order valence-corrected chi connectivity index (χ3v) is 4.08. The fourth-order valence-electron chi connectivity index (χ4n) is 2.15. The number of nitrogens with two attached hydrogens (primary N) is 1. The van der Waals surface area contributed by atoms with E-state index in [1.807, 2.05) is 30.3 Å². The number of carbonyl (C=O) groups excluding carboxylic acids is 1. The zero-order valence-electron chi connectivity index (χ0n) is 12.1. The van der Waals surface area contributed by atoms with Crippen LogP contribution < -0.4 is 10.5 Å². The van der Waals surface area contributed by atoms with Gasteiger partial charge < -0.3 is 14.2 Å². The van der Waals surface area contributed by atoms with E-state index in [4.69, 9.17) is 14.0 Å². The van der Waals surface area contributed by atoms with Gasteiger partial charge in [-0.25, -0.2) is 13.6 Å². The zero-order chi connectivity index (χ0) is 16.6. The van der Waals surface area contributed by atoms with E-state index in [0.29, 0.717) is 5.76 Å². The Balaban J connectivity index is 1.78. The minimum Gasteiger partial charge on any atom is -0.459 e. The number of benzene rings is 1. The molecule has 0 aliphatic rings.